The zero-order valence-electron chi connectivity index (χ0n) is 10.5. The Balaban J connectivity index is 0.000000882. The third-order valence-electron chi connectivity index (χ3n) is 7.65. The fourth-order valence-electron chi connectivity index (χ4n) is 7.28. The van der Waals surface area contributed by atoms with E-state index in [0.29, 0.717) is 18.4 Å². The lowest BCUT2D eigenvalue weighted by atomic mass is 8.96. The van der Waals surface area contributed by atoms with Crippen LogP contribution in [0.25, 0.3) is 0 Å². The van der Waals surface area contributed by atoms with E-state index in [1.807, 2.05) is 0 Å². The third-order valence-corrected chi connectivity index (χ3v) is 7.65. The Hall–Kier alpha value is -0.350. The van der Waals surface area contributed by atoms with Crippen molar-refractivity contribution in [2.75, 3.05) is 13.1 Å². The van der Waals surface area contributed by atoms with Gasteiger partial charge in [-0.3, -0.25) is 4.79 Å². The molecular formula is C14H18ClFN2O. The molecular weight excluding hydrogens is 267 g/mol. The van der Waals surface area contributed by atoms with Gasteiger partial charge in [0.15, 0.2) is 0 Å². The second-order valence-electron chi connectivity index (χ2n) is 7.51. The summed E-state index contributed by atoms with van der Waals surface area (Å²) in [6.07, 6.45) is -0.491. The molecule has 2 unspecified atom stereocenters. The summed E-state index contributed by atoms with van der Waals surface area (Å²) in [5.74, 6) is 7.31. The quantitative estimate of drug-likeness (QED) is 0.797. The second-order valence-corrected chi connectivity index (χ2v) is 7.51. The summed E-state index contributed by atoms with van der Waals surface area (Å²) >= 11 is 0. The lowest BCUT2D eigenvalue weighted by molar-refractivity contribution is -0.612. The number of nitrogens with one attached hydrogen (secondary N) is 2. The summed E-state index contributed by atoms with van der Waals surface area (Å²) in [5, 5.41) is 6.08. The average molecular weight is 285 g/mol. The van der Waals surface area contributed by atoms with Gasteiger partial charge >= 0.3 is 0 Å². The molecule has 5 heteroatoms. The summed E-state index contributed by atoms with van der Waals surface area (Å²) in [4.78, 5) is 12.0. The van der Waals surface area contributed by atoms with Crippen molar-refractivity contribution in [3.05, 3.63) is 0 Å². The van der Waals surface area contributed by atoms with Crippen molar-refractivity contribution in [3.63, 3.8) is 0 Å². The van der Waals surface area contributed by atoms with Gasteiger partial charge in [0.1, 0.15) is 6.17 Å². The van der Waals surface area contributed by atoms with E-state index < -0.39 is 6.17 Å². The fourth-order valence-corrected chi connectivity index (χ4v) is 7.28. The zero-order valence-corrected chi connectivity index (χ0v) is 11.3. The molecule has 2 atom stereocenters. The van der Waals surface area contributed by atoms with Crippen LogP contribution in [0.3, 0.4) is 0 Å². The number of amides is 1. The van der Waals surface area contributed by atoms with Crippen molar-refractivity contribution in [3.8, 4) is 0 Å². The lowest BCUT2D eigenvalue weighted by Crippen LogP contribution is -3.06. The Labute approximate surface area is 117 Å². The lowest BCUT2D eigenvalue weighted by Gasteiger charge is -3.08. The molecule has 2 N–H and O–H groups in total. The van der Waals surface area contributed by atoms with Crippen LogP contribution in [0.2, 0.25) is 0 Å². The normalized spacial score (nSPS) is 67.3. The van der Waals surface area contributed by atoms with Crippen molar-refractivity contribution in [2.24, 2.45) is 46.8 Å². The maximum absolute atomic E-state index is 13.0. The first-order valence-electron chi connectivity index (χ1n) is 7.40. The first-order valence-corrected chi connectivity index (χ1v) is 7.40. The Morgan fingerprint density at radius 2 is 1.84 bits per heavy atom. The maximum atomic E-state index is 13.0. The minimum Gasteiger partial charge on any atom is -0.354 e. The Morgan fingerprint density at radius 3 is 2.37 bits per heavy atom. The molecule has 7 aliphatic rings. The van der Waals surface area contributed by atoms with Crippen LogP contribution in [0.5, 0.6) is 0 Å². The van der Waals surface area contributed by atoms with Crippen molar-refractivity contribution < 1.29 is 9.18 Å². The highest BCUT2D eigenvalue weighted by Gasteiger charge is 3.03. The van der Waals surface area contributed by atoms with E-state index in [1.165, 1.54) is 0 Å². The number of hydrogen-bond donors (Lipinski definition) is 2. The predicted octanol–water partition coefficient (Wildman–Crippen LogP) is 0.592. The monoisotopic (exact) mass is 284 g/mol. The number of alkyl halides is 1. The highest BCUT2D eigenvalue weighted by atomic mass is 35.5. The fraction of sp³-hybridized carbons (Fsp3) is 0.929. The molecule has 6 aliphatic carbocycles. The van der Waals surface area contributed by atoms with E-state index in [4.69, 9.17) is 0 Å². The number of carbonyl (C=O) groups is 1. The highest BCUT2D eigenvalue weighted by molar-refractivity contribution is 5.85. The largest absolute Gasteiger partial charge is 0.354 e. The van der Waals surface area contributed by atoms with E-state index in [2.05, 4.69) is 10.6 Å². The number of hydrogen-bond acceptors (Lipinski definition) is 2. The molecule has 0 bridgehead atoms. The van der Waals surface area contributed by atoms with E-state index in [1.54, 1.807) is 0 Å². The van der Waals surface area contributed by atoms with Gasteiger partial charge in [-0.1, -0.05) is 0 Å². The van der Waals surface area contributed by atoms with Crippen LogP contribution in [0, 0.1) is 46.8 Å². The SMILES string of the molecule is Cl.O=C(NCC12C3C4C5C3C1C5C42)C1CC(F)CN1. The van der Waals surface area contributed by atoms with Crippen molar-refractivity contribution >= 4 is 18.3 Å². The summed E-state index contributed by atoms with van der Waals surface area (Å²) in [7, 11) is 0. The molecule has 104 valence electrons. The Bertz CT molecular complexity index is 447. The number of rotatable bonds is 3. The molecule has 1 heterocycles. The van der Waals surface area contributed by atoms with Gasteiger partial charge in [-0.15, -0.1) is 12.4 Å². The van der Waals surface area contributed by atoms with Gasteiger partial charge < -0.3 is 10.6 Å². The Kier molecular flexibility index (Phi) is 1.76. The Morgan fingerprint density at radius 1 is 1.21 bits per heavy atom. The molecule has 0 spiro atoms. The smallest absolute Gasteiger partial charge is 0.237 e. The molecule has 0 radical (unpaired) electrons. The second kappa shape index (κ2) is 2.96. The first kappa shape index (κ1) is 11.3. The minimum atomic E-state index is -0.843. The van der Waals surface area contributed by atoms with Gasteiger partial charge in [0.05, 0.1) is 6.04 Å². The minimum absolute atomic E-state index is 0. The summed E-state index contributed by atoms with van der Waals surface area (Å²) in [6.45, 7) is 1.22. The van der Waals surface area contributed by atoms with Crippen LogP contribution in [0.1, 0.15) is 6.42 Å². The van der Waals surface area contributed by atoms with Gasteiger partial charge in [0, 0.05) is 19.5 Å². The van der Waals surface area contributed by atoms with Crippen LogP contribution in [-0.4, -0.2) is 31.2 Å². The summed E-state index contributed by atoms with van der Waals surface area (Å²) in [5.41, 5.74) is 0.540. The van der Waals surface area contributed by atoms with E-state index >= 15 is 0 Å². The van der Waals surface area contributed by atoms with Crippen LogP contribution in [0.4, 0.5) is 4.39 Å². The molecule has 1 amide bonds. The van der Waals surface area contributed by atoms with Crippen LogP contribution >= 0.6 is 12.4 Å². The predicted molar refractivity (Wildman–Crippen MR) is 68.4 cm³/mol. The van der Waals surface area contributed by atoms with Gasteiger partial charge in [-0.2, -0.15) is 0 Å². The standard InChI is InChI=1S/C14H17FN2O.ClH/c15-4-1-5(16-2-4)13(18)17-3-14-10-7-6-8(10)12(14)9(6)11(7)14;/h4-12,16H,1-3H2,(H,17,18);1H. The molecule has 0 aromatic carbocycles. The van der Waals surface area contributed by atoms with Crippen LogP contribution in [-0.2, 0) is 4.79 Å². The number of halogens is 2. The van der Waals surface area contributed by atoms with Gasteiger partial charge in [0.2, 0.25) is 5.91 Å². The van der Waals surface area contributed by atoms with E-state index in [9.17, 15) is 9.18 Å². The topological polar surface area (TPSA) is 41.1 Å². The molecule has 1 saturated heterocycles. The zero-order chi connectivity index (χ0) is 11.8. The molecule has 7 fully saturated rings. The van der Waals surface area contributed by atoms with Crippen molar-refractivity contribution in [1.82, 2.24) is 10.6 Å². The van der Waals surface area contributed by atoms with E-state index in [-0.39, 0.29) is 24.4 Å². The third kappa shape index (κ3) is 0.819. The maximum Gasteiger partial charge on any atom is 0.237 e. The van der Waals surface area contributed by atoms with Gasteiger partial charge in [-0.25, -0.2) is 4.39 Å². The first-order chi connectivity index (χ1) is 8.75. The molecule has 1 aliphatic heterocycles. The van der Waals surface area contributed by atoms with Crippen molar-refractivity contribution in [1.29, 1.82) is 0 Å². The summed E-state index contributed by atoms with van der Waals surface area (Å²) < 4.78 is 13.0. The molecule has 6 saturated carbocycles. The molecule has 0 aromatic rings. The van der Waals surface area contributed by atoms with Crippen molar-refractivity contribution in [2.45, 2.75) is 18.6 Å². The van der Waals surface area contributed by atoms with Gasteiger partial charge in [0.25, 0.3) is 0 Å². The number of carbonyl (C=O) groups excluding carboxylic acids is 1. The molecule has 19 heavy (non-hydrogen) atoms. The average Bonchev–Trinajstić information content (AvgIpc) is 2.83. The summed E-state index contributed by atoms with van der Waals surface area (Å²) in [6, 6.07) is -0.285. The van der Waals surface area contributed by atoms with Crippen LogP contribution in [0.15, 0.2) is 0 Å². The highest BCUT2D eigenvalue weighted by Crippen LogP contribution is 3.05. The van der Waals surface area contributed by atoms with E-state index in [0.717, 1.165) is 48.0 Å². The van der Waals surface area contributed by atoms with Gasteiger partial charge in [-0.05, 0) is 46.8 Å². The molecule has 3 nitrogen and oxygen atoms in total. The molecule has 0 aromatic heterocycles. The molecule has 7 rings (SSSR count). The van der Waals surface area contributed by atoms with Crippen LogP contribution < -0.4 is 10.6 Å².